The minimum Gasteiger partial charge on any atom is -0.495 e. The van der Waals surface area contributed by atoms with Crippen molar-refractivity contribution in [2.24, 2.45) is 0 Å². The summed E-state index contributed by atoms with van der Waals surface area (Å²) in [6.45, 7) is 0. The number of para-hydroxylation sites is 2. The number of benzene rings is 2. The molecule has 0 saturated carbocycles. The van der Waals surface area contributed by atoms with Crippen molar-refractivity contribution in [2.75, 3.05) is 19.1 Å². The first kappa shape index (κ1) is 19.9. The van der Waals surface area contributed by atoms with E-state index in [1.54, 1.807) is 14.2 Å². The Bertz CT molecular complexity index is 931. The van der Waals surface area contributed by atoms with Crippen molar-refractivity contribution in [3.05, 3.63) is 54.0 Å². The highest BCUT2D eigenvalue weighted by atomic mass is 127. The van der Waals surface area contributed by atoms with Crippen molar-refractivity contribution in [3.8, 4) is 11.5 Å². The number of carbonyl (C=O) groups is 1. The molecule has 1 amide bonds. The first-order chi connectivity index (χ1) is 12.5. The number of ether oxygens (including phenoxy) is 2. The van der Waals surface area contributed by atoms with Gasteiger partial charge >= 0.3 is 0 Å². The van der Waals surface area contributed by atoms with Crippen LogP contribution in [0.1, 0.15) is 5.56 Å². The number of methoxy groups -OCH3 is 2. The third-order valence-electron chi connectivity index (χ3n) is 3.65. The molecule has 0 aliphatic carbocycles. The third kappa shape index (κ3) is 3.87. The molecule has 0 unspecified atom stereocenters. The number of anilines is 1. The van der Waals surface area contributed by atoms with E-state index in [0.717, 1.165) is 18.5 Å². The molecule has 0 atom stereocenters. The quantitative estimate of drug-likeness (QED) is 0.267. The standard InChI is InChI=1S/C18H13I2NO3S2/c1-23-14-6-4-3-5-13(14)21-17(22)15(26-18(21)25)8-10-7-11(19)9-12(20)16(10)24-2/h3-9H,1-2H3. The zero-order chi connectivity index (χ0) is 18.8. The average molecular weight is 609 g/mol. The van der Waals surface area contributed by atoms with E-state index in [9.17, 15) is 4.79 Å². The van der Waals surface area contributed by atoms with E-state index in [4.69, 9.17) is 21.7 Å². The van der Waals surface area contributed by atoms with Gasteiger partial charge in [-0.05, 0) is 75.5 Å². The van der Waals surface area contributed by atoms with E-state index >= 15 is 0 Å². The van der Waals surface area contributed by atoms with E-state index in [1.807, 2.05) is 42.5 Å². The summed E-state index contributed by atoms with van der Waals surface area (Å²) in [5, 5.41) is 0. The molecule has 0 aromatic heterocycles. The second kappa shape index (κ2) is 8.44. The Labute approximate surface area is 188 Å². The smallest absolute Gasteiger partial charge is 0.270 e. The van der Waals surface area contributed by atoms with Crippen molar-refractivity contribution in [3.63, 3.8) is 0 Å². The highest BCUT2D eigenvalue weighted by Crippen LogP contribution is 2.41. The maximum atomic E-state index is 13.0. The van der Waals surface area contributed by atoms with Gasteiger partial charge in [-0.2, -0.15) is 0 Å². The number of nitrogens with zero attached hydrogens (tertiary/aromatic N) is 1. The molecule has 0 bridgehead atoms. The average Bonchev–Trinajstić information content (AvgIpc) is 2.88. The maximum absolute atomic E-state index is 13.0. The second-order valence-corrected chi connectivity index (χ2v) is 9.28. The number of carbonyl (C=O) groups excluding carboxylic acids is 1. The van der Waals surface area contributed by atoms with Gasteiger partial charge in [-0.3, -0.25) is 9.69 Å². The van der Waals surface area contributed by atoms with Gasteiger partial charge in [0.2, 0.25) is 0 Å². The lowest BCUT2D eigenvalue weighted by Crippen LogP contribution is -2.27. The zero-order valence-corrected chi connectivity index (χ0v) is 19.7. The molecule has 1 aliphatic rings. The van der Waals surface area contributed by atoms with Gasteiger partial charge < -0.3 is 9.47 Å². The first-order valence-electron chi connectivity index (χ1n) is 7.40. The Morgan fingerprint density at radius 3 is 2.58 bits per heavy atom. The Morgan fingerprint density at radius 1 is 1.15 bits per heavy atom. The number of thiocarbonyl (C=S) groups is 1. The Balaban J connectivity index is 2.04. The molecule has 1 aliphatic heterocycles. The normalized spacial score (nSPS) is 15.7. The van der Waals surface area contributed by atoms with Crippen LogP contribution in [-0.2, 0) is 4.79 Å². The highest BCUT2D eigenvalue weighted by Gasteiger charge is 2.35. The highest BCUT2D eigenvalue weighted by molar-refractivity contribution is 14.1. The second-order valence-electron chi connectivity index (χ2n) is 5.20. The Hall–Kier alpha value is -0.850. The van der Waals surface area contributed by atoms with E-state index in [1.165, 1.54) is 16.7 Å². The summed E-state index contributed by atoms with van der Waals surface area (Å²) in [7, 11) is 3.20. The van der Waals surface area contributed by atoms with Gasteiger partial charge in [0.15, 0.2) is 4.32 Å². The third-order valence-corrected chi connectivity index (χ3v) is 6.37. The number of hydrogen-bond donors (Lipinski definition) is 0. The number of halogens is 2. The summed E-state index contributed by atoms with van der Waals surface area (Å²) < 4.78 is 13.4. The van der Waals surface area contributed by atoms with Crippen molar-refractivity contribution >= 4 is 91.2 Å². The summed E-state index contributed by atoms with van der Waals surface area (Å²) in [5.41, 5.74) is 1.49. The minimum atomic E-state index is -0.166. The molecule has 1 fully saturated rings. The van der Waals surface area contributed by atoms with Crippen molar-refractivity contribution in [2.45, 2.75) is 0 Å². The van der Waals surface area contributed by atoms with Crippen molar-refractivity contribution in [1.82, 2.24) is 0 Å². The van der Waals surface area contributed by atoms with E-state index in [-0.39, 0.29) is 5.91 Å². The molecule has 4 nitrogen and oxygen atoms in total. The fourth-order valence-corrected chi connectivity index (χ4v) is 5.92. The van der Waals surface area contributed by atoms with Crippen LogP contribution in [0.3, 0.4) is 0 Å². The van der Waals surface area contributed by atoms with Crippen LogP contribution < -0.4 is 14.4 Å². The van der Waals surface area contributed by atoms with Crippen LogP contribution in [-0.4, -0.2) is 24.4 Å². The number of hydrogen-bond acceptors (Lipinski definition) is 5. The monoisotopic (exact) mass is 609 g/mol. The van der Waals surface area contributed by atoms with E-state index < -0.39 is 0 Å². The van der Waals surface area contributed by atoms with Crippen LogP contribution in [0.5, 0.6) is 11.5 Å². The molecule has 2 aromatic rings. The zero-order valence-electron chi connectivity index (χ0n) is 13.8. The van der Waals surface area contributed by atoms with Gasteiger partial charge in [0.05, 0.1) is 28.4 Å². The largest absolute Gasteiger partial charge is 0.495 e. The Morgan fingerprint density at radius 2 is 1.88 bits per heavy atom. The molecule has 0 radical (unpaired) electrons. The van der Waals surface area contributed by atoms with Gasteiger partial charge in [-0.1, -0.05) is 36.1 Å². The lowest BCUT2D eigenvalue weighted by Gasteiger charge is -2.17. The maximum Gasteiger partial charge on any atom is 0.270 e. The molecule has 8 heteroatoms. The summed E-state index contributed by atoms with van der Waals surface area (Å²) >= 11 is 11.2. The fraction of sp³-hybridized carbons (Fsp3) is 0.111. The van der Waals surface area contributed by atoms with Gasteiger partial charge in [-0.15, -0.1) is 0 Å². The Kier molecular flexibility index (Phi) is 6.46. The van der Waals surface area contributed by atoms with Gasteiger partial charge in [0, 0.05) is 9.13 Å². The number of amides is 1. The molecule has 0 N–H and O–H groups in total. The van der Waals surface area contributed by atoms with Gasteiger partial charge in [0.1, 0.15) is 11.5 Å². The van der Waals surface area contributed by atoms with Crippen molar-refractivity contribution in [1.29, 1.82) is 0 Å². The molecular weight excluding hydrogens is 596 g/mol. The molecule has 26 heavy (non-hydrogen) atoms. The number of thioether (sulfide) groups is 1. The molecule has 1 saturated heterocycles. The summed E-state index contributed by atoms with van der Waals surface area (Å²) in [6, 6.07) is 11.3. The summed E-state index contributed by atoms with van der Waals surface area (Å²) in [6.07, 6.45) is 1.83. The van der Waals surface area contributed by atoms with Gasteiger partial charge in [-0.25, -0.2) is 0 Å². The molecule has 2 aromatic carbocycles. The lowest BCUT2D eigenvalue weighted by atomic mass is 10.2. The predicted octanol–water partition coefficient (Wildman–Crippen LogP) is 5.32. The molecule has 134 valence electrons. The predicted molar refractivity (Wildman–Crippen MR) is 127 cm³/mol. The SMILES string of the molecule is COc1ccccc1N1C(=O)C(=Cc2cc(I)cc(I)c2OC)SC1=S. The van der Waals surface area contributed by atoms with Crippen LogP contribution >= 0.6 is 69.2 Å². The van der Waals surface area contributed by atoms with Crippen molar-refractivity contribution < 1.29 is 14.3 Å². The van der Waals surface area contributed by atoms with E-state index in [0.29, 0.717) is 20.7 Å². The molecule has 0 spiro atoms. The molecule has 1 heterocycles. The first-order valence-corrected chi connectivity index (χ1v) is 10.8. The van der Waals surface area contributed by atoms with Crippen LogP contribution in [0.2, 0.25) is 0 Å². The van der Waals surface area contributed by atoms with Crippen LogP contribution in [0.25, 0.3) is 6.08 Å². The molecule has 3 rings (SSSR count). The summed E-state index contributed by atoms with van der Waals surface area (Å²) in [5.74, 6) is 1.18. The van der Waals surface area contributed by atoms with Crippen LogP contribution in [0, 0.1) is 7.14 Å². The topological polar surface area (TPSA) is 38.8 Å². The lowest BCUT2D eigenvalue weighted by molar-refractivity contribution is -0.113. The van der Waals surface area contributed by atoms with E-state index in [2.05, 4.69) is 45.2 Å². The number of rotatable bonds is 4. The molecular formula is C18H13I2NO3S2. The summed E-state index contributed by atoms with van der Waals surface area (Å²) in [4.78, 5) is 15.1. The van der Waals surface area contributed by atoms with Crippen LogP contribution in [0.4, 0.5) is 5.69 Å². The fourth-order valence-electron chi connectivity index (χ4n) is 2.53. The van der Waals surface area contributed by atoms with Gasteiger partial charge in [0.25, 0.3) is 5.91 Å². The minimum absolute atomic E-state index is 0.166. The van der Waals surface area contributed by atoms with Crippen LogP contribution in [0.15, 0.2) is 41.3 Å².